The predicted molar refractivity (Wildman–Crippen MR) is 229 cm³/mol. The molecule has 5 heteroatoms. The van der Waals surface area contributed by atoms with Gasteiger partial charge in [-0.25, -0.2) is 6.07 Å². The summed E-state index contributed by atoms with van der Waals surface area (Å²) < 4.78 is 4.66. The Morgan fingerprint density at radius 3 is 1.55 bits per heavy atom. The van der Waals surface area contributed by atoms with E-state index >= 15 is 0 Å². The molecular weight excluding hydrogens is 786 g/mol. The molecule has 0 radical (unpaired) electrons. The van der Waals surface area contributed by atoms with Crippen molar-refractivity contribution in [2.24, 2.45) is 0 Å². The molecule has 0 fully saturated rings. The van der Waals surface area contributed by atoms with Gasteiger partial charge in [0, 0.05) is 0 Å². The van der Waals surface area contributed by atoms with Crippen LogP contribution < -0.4 is 0 Å². The van der Waals surface area contributed by atoms with Crippen LogP contribution in [-0.4, -0.2) is 7.42 Å². The Bertz CT molecular complexity index is 1820. The third kappa shape index (κ3) is 13.1. The summed E-state index contributed by atoms with van der Waals surface area (Å²) in [6.07, 6.45) is 1.03. The van der Waals surface area contributed by atoms with Gasteiger partial charge in [0.15, 0.2) is 0 Å². The molecule has 0 saturated carbocycles. The Kier molecular flexibility index (Phi) is 16.7. The fourth-order valence-electron chi connectivity index (χ4n) is 5.99. The van der Waals surface area contributed by atoms with Gasteiger partial charge in [-0.15, -0.1) is 35.9 Å². The fraction of sp³-hybridized carbons (Fsp3) is 0.326. The molecule has 272 valence electrons. The molecule has 0 aromatic heterocycles. The molecule has 0 nitrogen and oxygen atoms in total. The van der Waals surface area contributed by atoms with Crippen molar-refractivity contribution >= 4 is 55.4 Å². The van der Waals surface area contributed by atoms with Crippen molar-refractivity contribution < 1.29 is 22.3 Å². The molecule has 1 aliphatic rings. The second-order valence-corrected chi connectivity index (χ2v) is 19.4. The molecule has 0 heterocycles. The molecule has 0 unspecified atom stereocenters. The van der Waals surface area contributed by atoms with E-state index < -0.39 is 22.3 Å². The van der Waals surface area contributed by atoms with E-state index in [1.165, 1.54) is 61.2 Å². The second kappa shape index (κ2) is 18.9. The van der Waals surface area contributed by atoms with Crippen molar-refractivity contribution in [2.75, 3.05) is 0 Å². The minimum atomic E-state index is -0.623. The van der Waals surface area contributed by atoms with Gasteiger partial charge in [0.2, 0.25) is 0 Å². The van der Waals surface area contributed by atoms with Gasteiger partial charge >= 0.3 is 123 Å². The van der Waals surface area contributed by atoms with Gasteiger partial charge in [0.05, 0.1) is 0 Å². The number of aryl methyl sites for hydroxylation is 2. The quantitative estimate of drug-likeness (QED) is 0.152. The van der Waals surface area contributed by atoms with Gasteiger partial charge in [-0.05, 0) is 28.4 Å². The summed E-state index contributed by atoms with van der Waals surface area (Å²) in [7, 11) is 0. The van der Waals surface area contributed by atoms with Crippen LogP contribution in [0.4, 0.5) is 0 Å². The van der Waals surface area contributed by atoms with Crippen molar-refractivity contribution in [3.63, 3.8) is 0 Å². The van der Waals surface area contributed by atoms with Gasteiger partial charge in [-0.2, -0.15) is 46.5 Å². The number of fused-ring (bicyclic) bond motifs is 3. The monoisotopic (exact) mass is 836 g/mol. The molecular formula is C46H54Cl4Zr-2. The van der Waals surface area contributed by atoms with Crippen LogP contribution >= 0.6 is 48.0 Å². The van der Waals surface area contributed by atoms with Crippen LogP contribution in [0.2, 0.25) is 10.0 Å². The summed E-state index contributed by atoms with van der Waals surface area (Å²) in [6, 6.07) is 35.6. The van der Waals surface area contributed by atoms with Gasteiger partial charge in [-0.1, -0.05) is 105 Å². The maximum absolute atomic E-state index is 5.84. The van der Waals surface area contributed by atoms with Crippen molar-refractivity contribution in [2.45, 2.75) is 98.8 Å². The van der Waals surface area contributed by atoms with Crippen molar-refractivity contribution in [1.29, 1.82) is 0 Å². The van der Waals surface area contributed by atoms with Crippen LogP contribution in [0.3, 0.4) is 0 Å². The topological polar surface area (TPSA) is 0 Å². The first-order valence-electron chi connectivity index (χ1n) is 17.2. The number of rotatable bonds is 2. The van der Waals surface area contributed by atoms with Crippen LogP contribution in [0.25, 0.3) is 11.1 Å². The third-order valence-corrected chi connectivity index (χ3v) is 11.7. The maximum atomic E-state index is 5.84. The van der Waals surface area contributed by atoms with E-state index in [1.807, 2.05) is 24.3 Å². The van der Waals surface area contributed by atoms with Gasteiger partial charge in [0.25, 0.3) is 0 Å². The van der Waals surface area contributed by atoms with Crippen LogP contribution in [0.15, 0.2) is 91.0 Å². The number of halogens is 4. The molecule has 0 spiro atoms. The van der Waals surface area contributed by atoms with E-state index in [0.29, 0.717) is 5.41 Å². The van der Waals surface area contributed by atoms with Crippen molar-refractivity contribution in [1.82, 2.24) is 0 Å². The number of hydrogen-bond acceptors (Lipinski definition) is 0. The first-order valence-corrected chi connectivity index (χ1v) is 20.8. The molecule has 0 bridgehead atoms. The molecule has 1 aliphatic carbocycles. The Hall–Kier alpha value is -1.99. The molecule has 5 aromatic rings. The Morgan fingerprint density at radius 2 is 1.14 bits per heavy atom. The van der Waals surface area contributed by atoms with Gasteiger partial charge in [0.1, 0.15) is 0 Å². The van der Waals surface area contributed by atoms with Crippen LogP contribution in [0, 0.1) is 19.9 Å². The van der Waals surface area contributed by atoms with E-state index in [-0.39, 0.29) is 35.6 Å². The van der Waals surface area contributed by atoms with E-state index in [9.17, 15) is 0 Å². The summed E-state index contributed by atoms with van der Waals surface area (Å²) >= 11 is 11.0. The van der Waals surface area contributed by atoms with E-state index in [1.54, 1.807) is 0 Å². The zero-order valence-electron chi connectivity index (χ0n) is 32.1. The minimum absolute atomic E-state index is 0. The molecule has 0 N–H and O–H groups in total. The normalized spacial score (nSPS) is 11.5. The second-order valence-electron chi connectivity index (χ2n) is 16.3. The number of hydrogen-bond donors (Lipinski definition) is 0. The standard InChI is InChI=1S/C21H25.C11H17.2C7H5Cl.2ClH.Zr/c1-20(2,3)16-7-9-18-14(12-16)11-15-13-17(21(4,5)6)8-10-19(15)18;1-8-6-9(2)10(7-8)11(3,4)5;2*1-6-2-4-7(8)5-3-6;;;/h7-10,12H,11H2,1-6H3;6-7H,1-5H3;2*1-5H;2*1H;/q2*-1;;;;;. The van der Waals surface area contributed by atoms with E-state index in [2.05, 4.69) is 156 Å². The zero-order valence-corrected chi connectivity index (χ0v) is 37.7. The first kappa shape index (κ1) is 45.2. The van der Waals surface area contributed by atoms with Crippen molar-refractivity contribution in [3.8, 4) is 11.1 Å². The zero-order chi connectivity index (χ0) is 36.1. The molecule has 0 amide bonds. The van der Waals surface area contributed by atoms with Gasteiger partial charge in [-0.3, -0.25) is 0 Å². The first-order chi connectivity index (χ1) is 22.8. The Morgan fingerprint density at radius 1 is 0.627 bits per heavy atom. The Balaban J connectivity index is 0.000000272. The fourth-order valence-corrected chi connectivity index (χ4v) is 8.34. The third-order valence-electron chi connectivity index (χ3n) is 8.75. The SMILES string of the molecule is CC(C)(C)c1[c-]c2c(cc1)-c1ccc(C(C)(C)C)cc1C2.Cc1cc(C(C)(C)C)c(C)[cH-]1.Cl.Cl.Clc1ccc([CH]=[Zr]=[CH]c2ccc(Cl)cc2)cc1. The van der Waals surface area contributed by atoms with Gasteiger partial charge < -0.3 is 0 Å². The predicted octanol–water partition coefficient (Wildman–Crippen LogP) is 13.9. The summed E-state index contributed by atoms with van der Waals surface area (Å²) in [4.78, 5) is 0. The summed E-state index contributed by atoms with van der Waals surface area (Å²) in [5.74, 6) is 0. The van der Waals surface area contributed by atoms with Crippen LogP contribution in [0.1, 0.15) is 112 Å². The van der Waals surface area contributed by atoms with Crippen molar-refractivity contribution in [3.05, 3.63) is 157 Å². The average molecular weight is 840 g/mol. The molecule has 0 aliphatic heterocycles. The molecule has 0 saturated heterocycles. The summed E-state index contributed by atoms with van der Waals surface area (Å²) in [5.41, 5.74) is 15.8. The Labute approximate surface area is 342 Å². The molecule has 0 atom stereocenters. The average Bonchev–Trinajstić information content (AvgIpc) is 3.56. The molecule has 51 heavy (non-hydrogen) atoms. The number of benzene rings is 4. The summed E-state index contributed by atoms with van der Waals surface area (Å²) in [6.45, 7) is 24.7. The van der Waals surface area contributed by atoms with Crippen LogP contribution in [-0.2, 0) is 44.9 Å². The van der Waals surface area contributed by atoms with E-state index in [0.717, 1.165) is 16.5 Å². The van der Waals surface area contributed by atoms with E-state index in [4.69, 9.17) is 23.2 Å². The summed E-state index contributed by atoms with van der Waals surface area (Å²) in [5, 5.41) is 1.57. The molecule has 5 aromatic carbocycles. The van der Waals surface area contributed by atoms with Crippen LogP contribution in [0.5, 0.6) is 0 Å². The molecule has 6 rings (SSSR count).